The van der Waals surface area contributed by atoms with E-state index in [4.69, 9.17) is 4.74 Å². The number of benzene rings is 3. The predicted molar refractivity (Wildman–Crippen MR) is 114 cm³/mol. The number of hydrogen-bond acceptors (Lipinski definition) is 1. The van der Waals surface area contributed by atoms with Crippen LogP contribution in [-0.4, -0.2) is 6.61 Å². The van der Waals surface area contributed by atoms with Crippen LogP contribution in [0.4, 0.5) is 13.2 Å². The Bertz CT molecular complexity index is 1050. The maximum absolute atomic E-state index is 14.7. The average molecular weight is 396 g/mol. The van der Waals surface area contributed by atoms with Gasteiger partial charge < -0.3 is 4.74 Å². The van der Waals surface area contributed by atoms with E-state index in [9.17, 15) is 13.2 Å². The van der Waals surface area contributed by atoms with Crippen LogP contribution in [0.25, 0.3) is 22.4 Å². The molecule has 0 heterocycles. The lowest BCUT2D eigenvalue weighted by Crippen LogP contribution is -1.93. The van der Waals surface area contributed by atoms with Crippen molar-refractivity contribution in [3.8, 4) is 5.75 Å². The van der Waals surface area contributed by atoms with E-state index < -0.39 is 11.7 Å². The van der Waals surface area contributed by atoms with E-state index in [1.54, 1.807) is 24.3 Å². The highest BCUT2D eigenvalue weighted by atomic mass is 19.2. The molecule has 0 unspecified atom stereocenters. The minimum absolute atomic E-state index is 0.0740. The molecule has 0 spiro atoms. The molecule has 0 bridgehead atoms. The van der Waals surface area contributed by atoms with Gasteiger partial charge in [-0.25, -0.2) is 13.2 Å². The van der Waals surface area contributed by atoms with Crippen molar-refractivity contribution >= 4 is 22.4 Å². The van der Waals surface area contributed by atoms with Crippen LogP contribution >= 0.6 is 0 Å². The van der Waals surface area contributed by atoms with E-state index in [0.717, 1.165) is 6.42 Å². The van der Waals surface area contributed by atoms with Crippen molar-refractivity contribution in [3.05, 3.63) is 89.3 Å². The molecule has 3 aromatic rings. The van der Waals surface area contributed by atoms with Gasteiger partial charge in [0, 0.05) is 16.5 Å². The van der Waals surface area contributed by atoms with Crippen LogP contribution in [0.5, 0.6) is 5.75 Å². The van der Waals surface area contributed by atoms with E-state index in [0.29, 0.717) is 35.1 Å². The zero-order valence-electron chi connectivity index (χ0n) is 16.5. The third kappa shape index (κ3) is 4.70. The van der Waals surface area contributed by atoms with Gasteiger partial charge in [-0.05, 0) is 68.0 Å². The Hall–Kier alpha value is -3.01. The van der Waals surface area contributed by atoms with Crippen LogP contribution < -0.4 is 4.74 Å². The van der Waals surface area contributed by atoms with E-state index in [1.165, 1.54) is 30.3 Å². The third-order valence-electron chi connectivity index (χ3n) is 4.72. The Morgan fingerprint density at radius 2 is 1.62 bits per heavy atom. The topological polar surface area (TPSA) is 9.23 Å². The summed E-state index contributed by atoms with van der Waals surface area (Å²) in [6, 6.07) is 14.0. The molecule has 0 aliphatic carbocycles. The Kier molecular flexibility index (Phi) is 6.76. The molecule has 150 valence electrons. The summed E-state index contributed by atoms with van der Waals surface area (Å²) in [6.07, 6.45) is 5.26. The largest absolute Gasteiger partial charge is 0.494 e. The molecule has 1 nitrogen and oxygen atoms in total. The molecule has 0 aliphatic rings. The first-order valence-corrected chi connectivity index (χ1v) is 9.66. The fourth-order valence-electron chi connectivity index (χ4n) is 3.19. The second-order valence-corrected chi connectivity index (χ2v) is 6.67. The lowest BCUT2D eigenvalue weighted by molar-refractivity contribution is 0.340. The Morgan fingerprint density at radius 1 is 0.931 bits per heavy atom. The van der Waals surface area contributed by atoms with Crippen LogP contribution in [0, 0.1) is 5.82 Å². The first-order chi connectivity index (χ1) is 14.0. The lowest BCUT2D eigenvalue weighted by Gasteiger charge is -2.08. The van der Waals surface area contributed by atoms with Crippen molar-refractivity contribution in [2.45, 2.75) is 26.7 Å². The number of aryl methyl sites for hydroxylation is 1. The second kappa shape index (κ2) is 9.46. The summed E-state index contributed by atoms with van der Waals surface area (Å²) in [4.78, 5) is 0. The molecule has 0 aromatic heterocycles. The summed E-state index contributed by atoms with van der Waals surface area (Å²) in [5, 5.41) is 0.936. The van der Waals surface area contributed by atoms with Gasteiger partial charge in [-0.3, -0.25) is 0 Å². The van der Waals surface area contributed by atoms with Crippen molar-refractivity contribution in [3.63, 3.8) is 0 Å². The molecule has 29 heavy (non-hydrogen) atoms. The highest BCUT2D eigenvalue weighted by Gasteiger charge is 2.14. The Morgan fingerprint density at radius 3 is 2.31 bits per heavy atom. The normalized spacial score (nSPS) is 12.4. The van der Waals surface area contributed by atoms with Crippen molar-refractivity contribution < 1.29 is 17.9 Å². The number of rotatable bonds is 7. The van der Waals surface area contributed by atoms with E-state index in [2.05, 4.69) is 0 Å². The fourth-order valence-corrected chi connectivity index (χ4v) is 3.19. The molecule has 3 rings (SSSR count). The quantitative estimate of drug-likeness (QED) is 0.294. The molecule has 0 aliphatic heterocycles. The number of ether oxygens (including phenoxy) is 1. The average Bonchev–Trinajstić information content (AvgIpc) is 2.75. The highest BCUT2D eigenvalue weighted by molar-refractivity contribution is 5.90. The van der Waals surface area contributed by atoms with Crippen molar-refractivity contribution in [1.29, 1.82) is 0 Å². The predicted octanol–water partition coefficient (Wildman–Crippen LogP) is 7.65. The van der Waals surface area contributed by atoms with Crippen LogP contribution in [0.3, 0.4) is 0 Å². The van der Waals surface area contributed by atoms with Gasteiger partial charge in [0.05, 0.1) is 6.61 Å². The van der Waals surface area contributed by atoms with Gasteiger partial charge in [-0.2, -0.15) is 0 Å². The van der Waals surface area contributed by atoms with Gasteiger partial charge in [0.15, 0.2) is 11.7 Å². The summed E-state index contributed by atoms with van der Waals surface area (Å²) in [5.74, 6) is -1.66. The monoisotopic (exact) mass is 396 g/mol. The van der Waals surface area contributed by atoms with Gasteiger partial charge in [-0.15, -0.1) is 0 Å². The minimum Gasteiger partial charge on any atom is -0.494 e. The standard InChI is InChI=1S/C25H23F3O/c1-3-5-6-7-17-8-9-19-16-20(12-15-22(19)23(17)26)25(28)24(27)18-10-13-21(14-11-18)29-4-2/h3,5,8-16H,4,6-7H2,1-2H3/b5-3+,25-24?. The number of fused-ring (bicyclic) bond motifs is 1. The molecular formula is C25H23F3O. The summed E-state index contributed by atoms with van der Waals surface area (Å²) in [6.45, 7) is 4.27. The summed E-state index contributed by atoms with van der Waals surface area (Å²) >= 11 is 0. The maximum Gasteiger partial charge on any atom is 0.166 e. The fraction of sp³-hybridized carbons (Fsp3) is 0.200. The molecule has 0 saturated heterocycles. The Balaban J connectivity index is 1.92. The first kappa shape index (κ1) is 20.7. The molecule has 3 aromatic carbocycles. The number of halogens is 3. The van der Waals surface area contributed by atoms with Gasteiger partial charge in [0.2, 0.25) is 0 Å². The van der Waals surface area contributed by atoms with Crippen molar-refractivity contribution in [2.24, 2.45) is 0 Å². The molecule has 0 atom stereocenters. The van der Waals surface area contributed by atoms with E-state index in [-0.39, 0.29) is 16.9 Å². The van der Waals surface area contributed by atoms with E-state index in [1.807, 2.05) is 26.0 Å². The maximum atomic E-state index is 14.7. The van der Waals surface area contributed by atoms with Crippen LogP contribution in [0.15, 0.2) is 66.7 Å². The minimum atomic E-state index is -0.978. The van der Waals surface area contributed by atoms with Crippen LogP contribution in [-0.2, 0) is 6.42 Å². The van der Waals surface area contributed by atoms with Gasteiger partial charge in [0.25, 0.3) is 0 Å². The third-order valence-corrected chi connectivity index (χ3v) is 4.72. The molecule has 0 N–H and O–H groups in total. The van der Waals surface area contributed by atoms with Crippen LogP contribution in [0.2, 0.25) is 0 Å². The lowest BCUT2D eigenvalue weighted by atomic mass is 10.00. The van der Waals surface area contributed by atoms with Gasteiger partial charge in [0.1, 0.15) is 11.6 Å². The first-order valence-electron chi connectivity index (χ1n) is 9.66. The highest BCUT2D eigenvalue weighted by Crippen LogP contribution is 2.32. The molecule has 0 saturated carbocycles. The van der Waals surface area contributed by atoms with Gasteiger partial charge in [-0.1, -0.05) is 36.4 Å². The molecule has 0 fully saturated rings. The van der Waals surface area contributed by atoms with Crippen LogP contribution in [0.1, 0.15) is 37.0 Å². The Labute approximate surface area is 169 Å². The van der Waals surface area contributed by atoms with Gasteiger partial charge >= 0.3 is 0 Å². The molecule has 4 heteroatoms. The zero-order chi connectivity index (χ0) is 20.8. The molecule has 0 amide bonds. The summed E-state index contributed by atoms with van der Waals surface area (Å²) < 4.78 is 49.4. The summed E-state index contributed by atoms with van der Waals surface area (Å²) in [7, 11) is 0. The zero-order valence-corrected chi connectivity index (χ0v) is 16.5. The smallest absolute Gasteiger partial charge is 0.166 e. The second-order valence-electron chi connectivity index (χ2n) is 6.67. The number of hydrogen-bond donors (Lipinski definition) is 0. The van der Waals surface area contributed by atoms with E-state index >= 15 is 0 Å². The van der Waals surface area contributed by atoms with Crippen molar-refractivity contribution in [1.82, 2.24) is 0 Å². The molecule has 0 radical (unpaired) electrons. The molecular weight excluding hydrogens is 373 g/mol. The summed E-state index contributed by atoms with van der Waals surface area (Å²) in [5.41, 5.74) is 0.807. The van der Waals surface area contributed by atoms with Crippen molar-refractivity contribution in [2.75, 3.05) is 6.61 Å². The SMILES string of the molecule is C/C=C/CCc1ccc2cc(C(F)=C(F)c3ccc(OCC)cc3)ccc2c1F. The number of allylic oxidation sites excluding steroid dienone is 2.